The van der Waals surface area contributed by atoms with Crippen molar-refractivity contribution < 1.29 is 9.90 Å². The number of aliphatic carboxylic acids is 1. The SMILES string of the molecule is CCc1ccc(C(C)N2C3CCC2C(C(=O)O)C3)cc1. The molecule has 3 nitrogen and oxygen atoms in total. The van der Waals surface area contributed by atoms with Gasteiger partial charge in [-0.25, -0.2) is 0 Å². The topological polar surface area (TPSA) is 40.5 Å². The predicted molar refractivity (Wildman–Crippen MR) is 78.6 cm³/mol. The number of benzene rings is 1. The first-order valence-corrected chi connectivity index (χ1v) is 7.71. The van der Waals surface area contributed by atoms with E-state index in [0.717, 1.165) is 25.7 Å². The van der Waals surface area contributed by atoms with Crippen LogP contribution in [0.15, 0.2) is 24.3 Å². The molecule has 1 N–H and O–H groups in total. The van der Waals surface area contributed by atoms with Crippen molar-refractivity contribution >= 4 is 5.97 Å². The van der Waals surface area contributed by atoms with Crippen molar-refractivity contribution in [2.24, 2.45) is 5.92 Å². The zero-order valence-corrected chi connectivity index (χ0v) is 12.2. The van der Waals surface area contributed by atoms with Crippen LogP contribution >= 0.6 is 0 Å². The van der Waals surface area contributed by atoms with Crippen molar-refractivity contribution in [2.75, 3.05) is 0 Å². The van der Waals surface area contributed by atoms with Crippen LogP contribution in [0.3, 0.4) is 0 Å². The maximum atomic E-state index is 11.4. The van der Waals surface area contributed by atoms with Gasteiger partial charge in [-0.3, -0.25) is 9.69 Å². The van der Waals surface area contributed by atoms with Crippen LogP contribution in [-0.2, 0) is 11.2 Å². The molecule has 0 saturated carbocycles. The lowest BCUT2D eigenvalue weighted by Gasteiger charge is -2.30. The molecule has 2 heterocycles. The van der Waals surface area contributed by atoms with Gasteiger partial charge in [0.15, 0.2) is 0 Å². The molecule has 0 spiro atoms. The smallest absolute Gasteiger partial charge is 0.308 e. The molecule has 1 aromatic carbocycles. The molecule has 2 saturated heterocycles. The maximum absolute atomic E-state index is 11.4. The predicted octanol–water partition coefficient (Wildman–Crippen LogP) is 3.25. The fraction of sp³-hybridized carbons (Fsp3) is 0.588. The van der Waals surface area contributed by atoms with Crippen molar-refractivity contribution in [3.8, 4) is 0 Å². The zero-order valence-electron chi connectivity index (χ0n) is 12.2. The quantitative estimate of drug-likeness (QED) is 0.915. The number of carboxylic acid groups (broad SMARTS) is 1. The second kappa shape index (κ2) is 5.21. The minimum atomic E-state index is -0.615. The molecule has 108 valence electrons. The summed E-state index contributed by atoms with van der Waals surface area (Å²) < 4.78 is 0. The Morgan fingerprint density at radius 3 is 2.60 bits per heavy atom. The van der Waals surface area contributed by atoms with E-state index in [1.165, 1.54) is 11.1 Å². The fourth-order valence-electron chi connectivity index (χ4n) is 4.10. The Hall–Kier alpha value is -1.35. The van der Waals surface area contributed by atoms with Gasteiger partial charge in [0.05, 0.1) is 5.92 Å². The van der Waals surface area contributed by atoms with Crippen LogP contribution in [0.2, 0.25) is 0 Å². The molecule has 4 atom stereocenters. The van der Waals surface area contributed by atoms with Crippen LogP contribution in [0.1, 0.15) is 50.3 Å². The van der Waals surface area contributed by atoms with Crippen molar-refractivity contribution in [3.63, 3.8) is 0 Å². The molecule has 4 unspecified atom stereocenters. The van der Waals surface area contributed by atoms with Gasteiger partial charge in [-0.2, -0.15) is 0 Å². The fourth-order valence-corrected chi connectivity index (χ4v) is 4.10. The number of rotatable bonds is 4. The molecule has 20 heavy (non-hydrogen) atoms. The molecular weight excluding hydrogens is 250 g/mol. The summed E-state index contributed by atoms with van der Waals surface area (Å²) in [5.41, 5.74) is 2.67. The minimum Gasteiger partial charge on any atom is -0.481 e. The summed E-state index contributed by atoms with van der Waals surface area (Å²) in [4.78, 5) is 13.8. The lowest BCUT2D eigenvalue weighted by atomic mass is 9.89. The minimum absolute atomic E-state index is 0.161. The second-order valence-corrected chi connectivity index (χ2v) is 6.20. The summed E-state index contributed by atoms with van der Waals surface area (Å²) in [6.45, 7) is 4.38. The monoisotopic (exact) mass is 273 g/mol. The van der Waals surface area contributed by atoms with Crippen molar-refractivity contribution in [1.29, 1.82) is 0 Å². The van der Waals surface area contributed by atoms with Crippen LogP contribution in [0.4, 0.5) is 0 Å². The van der Waals surface area contributed by atoms with Crippen molar-refractivity contribution in [2.45, 2.75) is 57.7 Å². The normalized spacial score (nSPS) is 30.6. The molecule has 0 aromatic heterocycles. The largest absolute Gasteiger partial charge is 0.481 e. The Kier molecular flexibility index (Phi) is 3.55. The van der Waals surface area contributed by atoms with E-state index in [1.54, 1.807) is 0 Å². The van der Waals surface area contributed by atoms with Gasteiger partial charge in [-0.1, -0.05) is 31.2 Å². The number of aryl methyl sites for hydroxylation is 1. The van der Waals surface area contributed by atoms with E-state index >= 15 is 0 Å². The molecule has 2 bridgehead atoms. The lowest BCUT2D eigenvalue weighted by molar-refractivity contribution is -0.142. The summed E-state index contributed by atoms with van der Waals surface area (Å²) in [6.07, 6.45) is 4.09. The second-order valence-electron chi connectivity index (χ2n) is 6.20. The van der Waals surface area contributed by atoms with Gasteiger partial charge in [0.2, 0.25) is 0 Å². The highest BCUT2D eigenvalue weighted by atomic mass is 16.4. The Balaban J connectivity index is 1.80. The van der Waals surface area contributed by atoms with Gasteiger partial charge < -0.3 is 5.11 Å². The highest BCUT2D eigenvalue weighted by molar-refractivity contribution is 5.71. The van der Waals surface area contributed by atoms with E-state index < -0.39 is 5.97 Å². The van der Waals surface area contributed by atoms with E-state index in [1.807, 2.05) is 0 Å². The molecule has 0 amide bonds. The van der Waals surface area contributed by atoms with Crippen LogP contribution in [0.25, 0.3) is 0 Å². The first-order valence-electron chi connectivity index (χ1n) is 7.71. The summed E-state index contributed by atoms with van der Waals surface area (Å²) in [7, 11) is 0. The molecule has 2 aliphatic rings. The molecule has 3 rings (SSSR count). The third-order valence-electron chi connectivity index (χ3n) is 5.23. The number of carbonyl (C=O) groups is 1. The number of hydrogen-bond donors (Lipinski definition) is 1. The third-order valence-corrected chi connectivity index (χ3v) is 5.23. The van der Waals surface area contributed by atoms with Gasteiger partial charge >= 0.3 is 5.97 Å². The molecule has 0 aliphatic carbocycles. The van der Waals surface area contributed by atoms with E-state index in [-0.39, 0.29) is 12.0 Å². The Labute approximate surface area is 120 Å². The summed E-state index contributed by atoms with van der Waals surface area (Å²) in [5, 5.41) is 9.35. The van der Waals surface area contributed by atoms with Gasteiger partial charge in [-0.05, 0) is 43.7 Å². The average molecular weight is 273 g/mol. The Morgan fingerprint density at radius 2 is 2.05 bits per heavy atom. The highest BCUT2D eigenvalue weighted by Crippen LogP contribution is 2.46. The van der Waals surface area contributed by atoms with Crippen LogP contribution in [0.5, 0.6) is 0 Å². The van der Waals surface area contributed by atoms with Gasteiger partial charge in [0, 0.05) is 18.1 Å². The molecule has 1 aromatic rings. The van der Waals surface area contributed by atoms with E-state index in [2.05, 4.69) is 43.0 Å². The molecule has 0 radical (unpaired) electrons. The molecule has 2 aliphatic heterocycles. The van der Waals surface area contributed by atoms with Crippen molar-refractivity contribution in [3.05, 3.63) is 35.4 Å². The average Bonchev–Trinajstić information content (AvgIpc) is 3.04. The number of nitrogens with zero attached hydrogens (tertiary/aromatic N) is 1. The summed E-state index contributed by atoms with van der Waals surface area (Å²) >= 11 is 0. The summed E-state index contributed by atoms with van der Waals surface area (Å²) in [6, 6.07) is 9.81. The van der Waals surface area contributed by atoms with Gasteiger partial charge in [-0.15, -0.1) is 0 Å². The van der Waals surface area contributed by atoms with Crippen LogP contribution in [0, 0.1) is 5.92 Å². The molecule has 2 fully saturated rings. The Morgan fingerprint density at radius 1 is 1.35 bits per heavy atom. The first kappa shape index (κ1) is 13.6. The molecule has 3 heteroatoms. The highest BCUT2D eigenvalue weighted by Gasteiger charge is 2.50. The Bertz CT molecular complexity index is 496. The van der Waals surface area contributed by atoms with E-state index in [0.29, 0.717) is 12.1 Å². The first-order chi connectivity index (χ1) is 9.61. The van der Waals surface area contributed by atoms with Crippen molar-refractivity contribution in [1.82, 2.24) is 4.90 Å². The standard InChI is InChI=1S/C17H23NO2/c1-3-12-4-6-13(7-5-12)11(2)18-14-8-9-16(18)15(10-14)17(19)20/h4-7,11,14-16H,3,8-10H2,1-2H3,(H,19,20). The van der Waals surface area contributed by atoms with Gasteiger partial charge in [0.25, 0.3) is 0 Å². The molecular formula is C17H23NO2. The van der Waals surface area contributed by atoms with Crippen LogP contribution < -0.4 is 0 Å². The van der Waals surface area contributed by atoms with E-state index in [9.17, 15) is 9.90 Å². The zero-order chi connectivity index (χ0) is 14.3. The lowest BCUT2D eigenvalue weighted by Crippen LogP contribution is -2.34. The van der Waals surface area contributed by atoms with Gasteiger partial charge in [0.1, 0.15) is 0 Å². The number of fused-ring (bicyclic) bond motifs is 2. The third kappa shape index (κ3) is 2.14. The number of hydrogen-bond acceptors (Lipinski definition) is 2. The number of carboxylic acids is 1. The summed E-state index contributed by atoms with van der Waals surface area (Å²) in [5.74, 6) is -0.776. The maximum Gasteiger partial charge on any atom is 0.308 e. The van der Waals surface area contributed by atoms with Crippen LogP contribution in [-0.4, -0.2) is 28.1 Å². The van der Waals surface area contributed by atoms with E-state index in [4.69, 9.17) is 0 Å².